The Hall–Kier alpha value is -0.710. The van der Waals surface area contributed by atoms with Gasteiger partial charge in [0.05, 0.1) is 18.1 Å². The number of hydrogen-bond acceptors (Lipinski definition) is 4. The highest BCUT2D eigenvalue weighted by molar-refractivity contribution is 7.13. The first-order valence-electron chi connectivity index (χ1n) is 6.72. The van der Waals surface area contributed by atoms with Crippen molar-refractivity contribution in [1.82, 2.24) is 4.90 Å². The van der Waals surface area contributed by atoms with Crippen molar-refractivity contribution < 1.29 is 9.53 Å². The standard InChI is InChI=1S/C14H21NO2S/c16-12-14-6-5-13(18-14)4-2-1-3-7-15-8-10-17-11-9-15/h5-6,12H,1-4,7-11H2. The van der Waals surface area contributed by atoms with E-state index in [0.29, 0.717) is 0 Å². The van der Waals surface area contributed by atoms with E-state index in [4.69, 9.17) is 4.74 Å². The molecule has 2 heterocycles. The maximum absolute atomic E-state index is 10.6. The fourth-order valence-electron chi connectivity index (χ4n) is 2.23. The Morgan fingerprint density at radius 3 is 2.78 bits per heavy atom. The number of thiophene rings is 1. The predicted octanol–water partition coefficient (Wildman–Crippen LogP) is 2.61. The van der Waals surface area contributed by atoms with E-state index >= 15 is 0 Å². The van der Waals surface area contributed by atoms with Crippen molar-refractivity contribution in [3.63, 3.8) is 0 Å². The van der Waals surface area contributed by atoms with Crippen LogP contribution in [0.2, 0.25) is 0 Å². The lowest BCUT2D eigenvalue weighted by molar-refractivity contribution is 0.0371. The Morgan fingerprint density at radius 2 is 2.06 bits per heavy atom. The number of morpholine rings is 1. The minimum absolute atomic E-state index is 0.846. The molecule has 3 nitrogen and oxygen atoms in total. The van der Waals surface area contributed by atoms with E-state index < -0.39 is 0 Å². The van der Waals surface area contributed by atoms with Crippen LogP contribution in [-0.4, -0.2) is 44.0 Å². The van der Waals surface area contributed by atoms with Crippen LogP contribution < -0.4 is 0 Å². The zero-order valence-corrected chi connectivity index (χ0v) is 11.6. The summed E-state index contributed by atoms with van der Waals surface area (Å²) in [5.41, 5.74) is 0. The van der Waals surface area contributed by atoms with Gasteiger partial charge in [0, 0.05) is 18.0 Å². The molecule has 4 heteroatoms. The minimum Gasteiger partial charge on any atom is -0.379 e. The van der Waals surface area contributed by atoms with Crippen LogP contribution in [0, 0.1) is 0 Å². The number of rotatable bonds is 7. The zero-order valence-electron chi connectivity index (χ0n) is 10.8. The molecule has 0 unspecified atom stereocenters. The maximum Gasteiger partial charge on any atom is 0.160 e. The van der Waals surface area contributed by atoms with Crippen molar-refractivity contribution in [2.75, 3.05) is 32.8 Å². The Balaban J connectivity index is 1.54. The SMILES string of the molecule is O=Cc1ccc(CCCCCN2CCOCC2)s1. The maximum atomic E-state index is 10.6. The van der Waals surface area contributed by atoms with Gasteiger partial charge >= 0.3 is 0 Å². The van der Waals surface area contributed by atoms with Gasteiger partial charge in [0.15, 0.2) is 6.29 Å². The molecule has 100 valence electrons. The third kappa shape index (κ3) is 4.52. The third-order valence-corrected chi connectivity index (χ3v) is 4.37. The number of aryl methyl sites for hydroxylation is 1. The van der Waals surface area contributed by atoms with E-state index in [9.17, 15) is 4.79 Å². The molecule has 0 spiro atoms. The molecule has 0 bridgehead atoms. The van der Waals surface area contributed by atoms with Crippen molar-refractivity contribution in [2.45, 2.75) is 25.7 Å². The summed E-state index contributed by atoms with van der Waals surface area (Å²) < 4.78 is 5.33. The molecule has 1 aromatic rings. The Morgan fingerprint density at radius 1 is 1.22 bits per heavy atom. The average Bonchev–Trinajstić information content (AvgIpc) is 2.87. The highest BCUT2D eigenvalue weighted by Gasteiger charge is 2.09. The molecule has 0 saturated carbocycles. The summed E-state index contributed by atoms with van der Waals surface area (Å²) in [6.45, 7) is 5.17. The van der Waals surface area contributed by atoms with Gasteiger partial charge in [-0.15, -0.1) is 11.3 Å². The molecule has 0 aliphatic carbocycles. The average molecular weight is 267 g/mol. The molecule has 0 atom stereocenters. The summed E-state index contributed by atoms with van der Waals surface area (Å²) in [4.78, 5) is 15.2. The Kier molecular flexibility index (Phi) is 5.84. The summed E-state index contributed by atoms with van der Waals surface area (Å²) in [5, 5.41) is 0. The van der Waals surface area contributed by atoms with Gasteiger partial charge in [0.1, 0.15) is 0 Å². The first-order chi connectivity index (χ1) is 8.88. The van der Waals surface area contributed by atoms with Crippen LogP contribution in [0.25, 0.3) is 0 Å². The molecule has 2 rings (SSSR count). The van der Waals surface area contributed by atoms with Crippen molar-refractivity contribution in [3.05, 3.63) is 21.9 Å². The minimum atomic E-state index is 0.846. The Bertz CT molecular complexity index is 358. The van der Waals surface area contributed by atoms with Gasteiger partial charge < -0.3 is 4.74 Å². The van der Waals surface area contributed by atoms with Crippen LogP contribution in [0.5, 0.6) is 0 Å². The lowest BCUT2D eigenvalue weighted by atomic mass is 10.1. The van der Waals surface area contributed by atoms with E-state index in [-0.39, 0.29) is 0 Å². The van der Waals surface area contributed by atoms with E-state index in [0.717, 1.165) is 43.9 Å². The second kappa shape index (κ2) is 7.67. The van der Waals surface area contributed by atoms with Gasteiger partial charge in [-0.3, -0.25) is 9.69 Å². The fourth-order valence-corrected chi connectivity index (χ4v) is 3.10. The summed E-state index contributed by atoms with van der Waals surface area (Å²) in [5.74, 6) is 0. The molecular weight excluding hydrogens is 246 g/mol. The van der Waals surface area contributed by atoms with Crippen molar-refractivity contribution in [3.8, 4) is 0 Å². The van der Waals surface area contributed by atoms with E-state index in [1.54, 1.807) is 11.3 Å². The molecule has 1 fully saturated rings. The van der Waals surface area contributed by atoms with Crippen LogP contribution in [0.4, 0.5) is 0 Å². The van der Waals surface area contributed by atoms with Crippen LogP contribution in [0.3, 0.4) is 0 Å². The normalized spacial score (nSPS) is 16.9. The predicted molar refractivity (Wildman–Crippen MR) is 74.5 cm³/mol. The van der Waals surface area contributed by atoms with Gasteiger partial charge in [-0.05, 0) is 37.9 Å². The quantitative estimate of drug-likeness (QED) is 0.562. The van der Waals surface area contributed by atoms with Gasteiger partial charge in [-0.2, -0.15) is 0 Å². The molecule has 1 aromatic heterocycles. The van der Waals surface area contributed by atoms with E-state index in [1.165, 1.54) is 30.7 Å². The number of ether oxygens (including phenoxy) is 1. The number of unbranched alkanes of at least 4 members (excludes halogenated alkanes) is 2. The molecule has 18 heavy (non-hydrogen) atoms. The molecule has 1 aliphatic rings. The van der Waals surface area contributed by atoms with E-state index in [2.05, 4.69) is 11.0 Å². The molecule has 0 amide bonds. The summed E-state index contributed by atoms with van der Waals surface area (Å²) in [7, 11) is 0. The van der Waals surface area contributed by atoms with E-state index in [1.807, 2.05) is 6.07 Å². The first kappa shape index (κ1) is 13.7. The highest BCUT2D eigenvalue weighted by atomic mass is 32.1. The smallest absolute Gasteiger partial charge is 0.160 e. The molecule has 1 saturated heterocycles. The zero-order chi connectivity index (χ0) is 12.6. The lowest BCUT2D eigenvalue weighted by Gasteiger charge is -2.26. The van der Waals surface area contributed by atoms with Gasteiger partial charge in [-0.25, -0.2) is 0 Å². The monoisotopic (exact) mass is 267 g/mol. The number of hydrogen-bond donors (Lipinski definition) is 0. The highest BCUT2D eigenvalue weighted by Crippen LogP contribution is 2.17. The van der Waals surface area contributed by atoms with Gasteiger partial charge in [0.2, 0.25) is 0 Å². The lowest BCUT2D eigenvalue weighted by Crippen LogP contribution is -2.36. The first-order valence-corrected chi connectivity index (χ1v) is 7.54. The molecular formula is C14H21NO2S. The van der Waals surface area contributed by atoms with Gasteiger partial charge in [0.25, 0.3) is 0 Å². The fraction of sp³-hybridized carbons (Fsp3) is 0.643. The van der Waals surface area contributed by atoms with Gasteiger partial charge in [-0.1, -0.05) is 6.42 Å². The van der Waals surface area contributed by atoms with Crippen LogP contribution in [-0.2, 0) is 11.2 Å². The Labute approximate surface area is 113 Å². The van der Waals surface area contributed by atoms with Crippen LogP contribution in [0.15, 0.2) is 12.1 Å². The van der Waals surface area contributed by atoms with Crippen molar-refractivity contribution in [2.24, 2.45) is 0 Å². The van der Waals surface area contributed by atoms with Crippen molar-refractivity contribution in [1.29, 1.82) is 0 Å². The second-order valence-electron chi connectivity index (χ2n) is 4.69. The number of carbonyl (C=O) groups is 1. The number of carbonyl (C=O) groups excluding carboxylic acids is 1. The summed E-state index contributed by atoms with van der Waals surface area (Å²) in [6, 6.07) is 4.00. The molecule has 1 aliphatic heterocycles. The topological polar surface area (TPSA) is 29.5 Å². The summed E-state index contributed by atoms with van der Waals surface area (Å²) >= 11 is 1.62. The molecule has 0 N–H and O–H groups in total. The second-order valence-corrected chi connectivity index (χ2v) is 5.89. The van der Waals surface area contributed by atoms with Crippen LogP contribution >= 0.6 is 11.3 Å². The number of aldehydes is 1. The largest absolute Gasteiger partial charge is 0.379 e. The van der Waals surface area contributed by atoms with Crippen molar-refractivity contribution >= 4 is 17.6 Å². The molecule has 0 aromatic carbocycles. The summed E-state index contributed by atoms with van der Waals surface area (Å²) in [6.07, 6.45) is 5.81. The number of nitrogens with zero attached hydrogens (tertiary/aromatic N) is 1. The third-order valence-electron chi connectivity index (χ3n) is 3.30. The van der Waals surface area contributed by atoms with Crippen LogP contribution in [0.1, 0.15) is 33.8 Å². The molecule has 0 radical (unpaired) electrons.